The number of hydrogen-bond acceptors (Lipinski definition) is 1. The molecule has 15 heavy (non-hydrogen) atoms. The topological polar surface area (TPSA) is 29.1 Å². The van der Waals surface area contributed by atoms with E-state index in [1.165, 1.54) is 5.56 Å². The lowest BCUT2D eigenvalue weighted by Crippen LogP contribution is -2.26. The van der Waals surface area contributed by atoms with Gasteiger partial charge < -0.3 is 5.32 Å². The molecule has 0 saturated heterocycles. The molecule has 1 N–H and O–H groups in total. The first-order chi connectivity index (χ1) is 7.13. The molecule has 1 atom stereocenters. The highest BCUT2D eigenvalue weighted by Gasteiger charge is 2.08. The molecular weight excluding hydrogens is 210 g/mol. The van der Waals surface area contributed by atoms with Crippen molar-refractivity contribution >= 4 is 17.5 Å². The van der Waals surface area contributed by atoms with Crippen molar-refractivity contribution in [1.82, 2.24) is 5.32 Å². The molecule has 1 amide bonds. The first kappa shape index (κ1) is 12.1. The van der Waals surface area contributed by atoms with Gasteiger partial charge in [0.1, 0.15) is 0 Å². The first-order valence-corrected chi connectivity index (χ1v) is 5.59. The lowest BCUT2D eigenvalue weighted by Gasteiger charge is -2.14. The van der Waals surface area contributed by atoms with E-state index in [2.05, 4.69) is 5.32 Å². The summed E-state index contributed by atoms with van der Waals surface area (Å²) in [5.74, 6) is 0.366. The van der Waals surface area contributed by atoms with Crippen molar-refractivity contribution in [2.75, 3.05) is 5.88 Å². The zero-order valence-corrected chi connectivity index (χ0v) is 9.84. The van der Waals surface area contributed by atoms with Gasteiger partial charge in [0, 0.05) is 12.3 Å². The fraction of sp³-hybridized carbons (Fsp3) is 0.417. The summed E-state index contributed by atoms with van der Waals surface area (Å²) >= 11 is 5.49. The van der Waals surface area contributed by atoms with Crippen LogP contribution in [0.25, 0.3) is 0 Å². The first-order valence-electron chi connectivity index (χ1n) is 5.05. The Kier molecular flexibility index (Phi) is 4.63. The molecule has 0 aliphatic rings. The van der Waals surface area contributed by atoms with Crippen LogP contribution in [0.15, 0.2) is 24.3 Å². The number of amides is 1. The number of carbonyl (C=O) groups is 1. The van der Waals surface area contributed by atoms with Gasteiger partial charge in [0.05, 0.1) is 6.04 Å². The van der Waals surface area contributed by atoms with Gasteiger partial charge in [0.15, 0.2) is 0 Å². The van der Waals surface area contributed by atoms with Crippen molar-refractivity contribution in [1.29, 1.82) is 0 Å². The van der Waals surface area contributed by atoms with E-state index >= 15 is 0 Å². The number of nitrogens with one attached hydrogen (secondary N) is 1. The molecule has 0 saturated carbocycles. The third-order valence-electron chi connectivity index (χ3n) is 2.28. The standard InChI is InChI=1S/C12H16ClNO/c1-9-3-5-11(6-4-9)10(2)14-12(15)7-8-13/h3-6,10H,7-8H2,1-2H3,(H,14,15). The molecule has 0 bridgehead atoms. The maximum Gasteiger partial charge on any atom is 0.221 e. The second-order valence-corrected chi connectivity index (χ2v) is 4.02. The van der Waals surface area contributed by atoms with Crippen LogP contribution in [-0.2, 0) is 4.79 Å². The van der Waals surface area contributed by atoms with Gasteiger partial charge in [-0.25, -0.2) is 0 Å². The van der Waals surface area contributed by atoms with E-state index in [1.54, 1.807) is 0 Å². The third-order valence-corrected chi connectivity index (χ3v) is 2.47. The van der Waals surface area contributed by atoms with Crippen molar-refractivity contribution in [2.24, 2.45) is 0 Å². The monoisotopic (exact) mass is 225 g/mol. The van der Waals surface area contributed by atoms with E-state index in [0.717, 1.165) is 5.56 Å². The van der Waals surface area contributed by atoms with Crippen molar-refractivity contribution in [3.63, 3.8) is 0 Å². The Morgan fingerprint density at radius 3 is 2.53 bits per heavy atom. The number of hydrogen-bond donors (Lipinski definition) is 1. The van der Waals surface area contributed by atoms with Crippen LogP contribution in [0.1, 0.15) is 30.5 Å². The summed E-state index contributed by atoms with van der Waals surface area (Å²) in [4.78, 5) is 11.3. The van der Waals surface area contributed by atoms with Crippen LogP contribution < -0.4 is 5.32 Å². The largest absolute Gasteiger partial charge is 0.350 e. The number of aryl methyl sites for hydroxylation is 1. The SMILES string of the molecule is Cc1ccc(C(C)NC(=O)CCCl)cc1. The second kappa shape index (κ2) is 5.76. The summed E-state index contributed by atoms with van der Waals surface area (Å²) in [7, 11) is 0. The van der Waals surface area contributed by atoms with Crippen LogP contribution in [0.3, 0.4) is 0 Å². The van der Waals surface area contributed by atoms with Gasteiger partial charge in [0.25, 0.3) is 0 Å². The molecule has 82 valence electrons. The minimum absolute atomic E-state index is 0.00178. The molecule has 0 aliphatic carbocycles. The van der Waals surface area contributed by atoms with E-state index in [1.807, 2.05) is 38.1 Å². The van der Waals surface area contributed by atoms with Crippen molar-refractivity contribution in [3.05, 3.63) is 35.4 Å². The Hall–Kier alpha value is -1.02. The zero-order valence-electron chi connectivity index (χ0n) is 9.09. The number of benzene rings is 1. The zero-order chi connectivity index (χ0) is 11.3. The van der Waals surface area contributed by atoms with Gasteiger partial charge in [-0.15, -0.1) is 11.6 Å². The van der Waals surface area contributed by atoms with E-state index in [0.29, 0.717) is 12.3 Å². The summed E-state index contributed by atoms with van der Waals surface area (Å²) in [5.41, 5.74) is 2.33. The third kappa shape index (κ3) is 3.92. The fourth-order valence-corrected chi connectivity index (χ4v) is 1.51. The van der Waals surface area contributed by atoms with Gasteiger partial charge in [-0.05, 0) is 19.4 Å². The Bertz CT molecular complexity index is 321. The highest BCUT2D eigenvalue weighted by molar-refractivity contribution is 6.18. The molecule has 0 aliphatic heterocycles. The van der Waals surface area contributed by atoms with Crippen molar-refractivity contribution < 1.29 is 4.79 Å². The smallest absolute Gasteiger partial charge is 0.221 e. The van der Waals surface area contributed by atoms with Crippen molar-refractivity contribution in [3.8, 4) is 0 Å². The molecule has 0 aromatic heterocycles. The summed E-state index contributed by atoms with van der Waals surface area (Å²) in [6.07, 6.45) is 0.373. The summed E-state index contributed by atoms with van der Waals surface area (Å²) < 4.78 is 0. The average molecular weight is 226 g/mol. The molecule has 2 nitrogen and oxygen atoms in total. The highest BCUT2D eigenvalue weighted by atomic mass is 35.5. The average Bonchev–Trinajstić information content (AvgIpc) is 2.18. The Morgan fingerprint density at radius 1 is 1.40 bits per heavy atom. The van der Waals surface area contributed by atoms with E-state index in [4.69, 9.17) is 11.6 Å². The summed E-state index contributed by atoms with van der Waals surface area (Å²) in [6, 6.07) is 8.18. The van der Waals surface area contributed by atoms with Gasteiger partial charge in [-0.3, -0.25) is 4.79 Å². The Labute approximate surface area is 95.6 Å². The molecule has 1 unspecified atom stereocenters. The molecular formula is C12H16ClNO. The van der Waals surface area contributed by atoms with Gasteiger partial charge in [-0.1, -0.05) is 29.8 Å². The second-order valence-electron chi connectivity index (χ2n) is 3.64. The molecule has 1 aromatic carbocycles. The van der Waals surface area contributed by atoms with Gasteiger partial charge in [-0.2, -0.15) is 0 Å². The molecule has 0 radical (unpaired) electrons. The minimum atomic E-state index is -0.00178. The molecule has 0 spiro atoms. The maximum absolute atomic E-state index is 11.3. The Morgan fingerprint density at radius 2 is 2.00 bits per heavy atom. The van der Waals surface area contributed by atoms with Gasteiger partial charge in [0.2, 0.25) is 5.91 Å². The van der Waals surface area contributed by atoms with Gasteiger partial charge >= 0.3 is 0 Å². The lowest BCUT2D eigenvalue weighted by atomic mass is 10.1. The van der Waals surface area contributed by atoms with E-state index in [9.17, 15) is 4.79 Å². The van der Waals surface area contributed by atoms with Crippen LogP contribution in [0.4, 0.5) is 0 Å². The minimum Gasteiger partial charge on any atom is -0.350 e. The summed E-state index contributed by atoms with van der Waals surface area (Å²) in [5, 5.41) is 2.89. The predicted octanol–water partition coefficient (Wildman–Crippen LogP) is 2.80. The number of rotatable bonds is 4. The van der Waals surface area contributed by atoms with Crippen LogP contribution >= 0.6 is 11.6 Å². The van der Waals surface area contributed by atoms with Crippen LogP contribution in [0.5, 0.6) is 0 Å². The van der Waals surface area contributed by atoms with Crippen LogP contribution in [0, 0.1) is 6.92 Å². The maximum atomic E-state index is 11.3. The Balaban J connectivity index is 2.57. The normalized spacial score (nSPS) is 12.2. The van der Waals surface area contributed by atoms with Crippen molar-refractivity contribution in [2.45, 2.75) is 26.3 Å². The van der Waals surface area contributed by atoms with Crippen LogP contribution in [0.2, 0.25) is 0 Å². The fourth-order valence-electron chi connectivity index (χ4n) is 1.34. The number of alkyl halides is 1. The predicted molar refractivity (Wildman–Crippen MR) is 63.1 cm³/mol. The number of halogens is 1. The quantitative estimate of drug-likeness (QED) is 0.785. The van der Waals surface area contributed by atoms with E-state index in [-0.39, 0.29) is 11.9 Å². The highest BCUT2D eigenvalue weighted by Crippen LogP contribution is 2.12. The molecule has 1 aromatic rings. The molecule has 3 heteroatoms. The molecule has 0 fully saturated rings. The van der Waals surface area contributed by atoms with Crippen LogP contribution in [-0.4, -0.2) is 11.8 Å². The molecule has 0 heterocycles. The molecule has 1 rings (SSSR count). The lowest BCUT2D eigenvalue weighted by molar-refractivity contribution is -0.121. The van der Waals surface area contributed by atoms with E-state index < -0.39 is 0 Å². The summed E-state index contributed by atoms with van der Waals surface area (Å²) in [6.45, 7) is 4.01. The number of carbonyl (C=O) groups excluding carboxylic acids is 1.